The van der Waals surface area contributed by atoms with Crippen LogP contribution in [0, 0.1) is 0 Å². The third-order valence-corrected chi connectivity index (χ3v) is 6.09. The molecule has 0 aromatic heterocycles. The average molecular weight is 380 g/mol. The summed E-state index contributed by atoms with van der Waals surface area (Å²) in [5, 5.41) is 3.03. The van der Waals surface area contributed by atoms with Crippen molar-refractivity contribution in [2.24, 2.45) is 0 Å². The number of rotatable bonds is 4. The molecule has 2 fully saturated rings. The minimum absolute atomic E-state index is 0.0928. The lowest BCUT2D eigenvalue weighted by Gasteiger charge is -2.49. The molecule has 2 aromatic rings. The van der Waals surface area contributed by atoms with Gasteiger partial charge in [-0.25, -0.2) is 0 Å². The smallest absolute Gasteiger partial charge is 0.220 e. The van der Waals surface area contributed by atoms with E-state index in [0.29, 0.717) is 6.42 Å². The SMILES string of the molecule is CN1CCN(Cc2cccc(Oc3ccccc3)c2)C[C@@]12CCNC(=O)CC2. The number of para-hydroxylation sites is 1. The van der Waals surface area contributed by atoms with Crippen molar-refractivity contribution in [2.75, 3.05) is 33.2 Å². The number of carbonyl (C=O) groups excluding carboxylic acids is 1. The van der Waals surface area contributed by atoms with Gasteiger partial charge in [0.25, 0.3) is 0 Å². The molecule has 148 valence electrons. The fourth-order valence-corrected chi connectivity index (χ4v) is 4.40. The lowest BCUT2D eigenvalue weighted by atomic mass is 9.86. The minimum atomic E-state index is 0.0928. The summed E-state index contributed by atoms with van der Waals surface area (Å²) in [5.74, 6) is 1.92. The van der Waals surface area contributed by atoms with Gasteiger partial charge in [-0.2, -0.15) is 0 Å². The van der Waals surface area contributed by atoms with E-state index < -0.39 is 0 Å². The normalized spacial score (nSPS) is 24.0. The number of amides is 1. The highest BCUT2D eigenvalue weighted by atomic mass is 16.5. The summed E-state index contributed by atoms with van der Waals surface area (Å²) in [5.41, 5.74) is 1.35. The quantitative estimate of drug-likeness (QED) is 0.886. The molecule has 0 unspecified atom stereocenters. The number of hydrogen-bond acceptors (Lipinski definition) is 4. The van der Waals surface area contributed by atoms with E-state index in [0.717, 1.165) is 57.1 Å². The Labute approximate surface area is 167 Å². The van der Waals surface area contributed by atoms with Crippen LogP contribution in [0.4, 0.5) is 0 Å². The summed E-state index contributed by atoms with van der Waals surface area (Å²) in [6.45, 7) is 4.76. The molecule has 1 N–H and O–H groups in total. The van der Waals surface area contributed by atoms with E-state index >= 15 is 0 Å². The number of nitrogens with zero attached hydrogens (tertiary/aromatic N) is 2. The van der Waals surface area contributed by atoms with Crippen LogP contribution in [0.15, 0.2) is 54.6 Å². The van der Waals surface area contributed by atoms with Crippen LogP contribution in [0.25, 0.3) is 0 Å². The van der Waals surface area contributed by atoms with Crippen molar-refractivity contribution in [2.45, 2.75) is 31.3 Å². The zero-order chi connectivity index (χ0) is 19.4. The minimum Gasteiger partial charge on any atom is -0.457 e. The second kappa shape index (κ2) is 8.33. The van der Waals surface area contributed by atoms with Crippen LogP contribution < -0.4 is 10.1 Å². The maximum Gasteiger partial charge on any atom is 0.220 e. The number of carbonyl (C=O) groups is 1. The maximum absolute atomic E-state index is 11.8. The molecule has 0 aliphatic carbocycles. The van der Waals surface area contributed by atoms with E-state index in [4.69, 9.17) is 4.74 Å². The Balaban J connectivity index is 1.44. The van der Waals surface area contributed by atoms with Crippen LogP contribution in [-0.2, 0) is 11.3 Å². The molecule has 2 heterocycles. The van der Waals surface area contributed by atoms with Crippen LogP contribution >= 0.6 is 0 Å². The van der Waals surface area contributed by atoms with Gasteiger partial charge in [0.05, 0.1) is 0 Å². The number of benzene rings is 2. The molecule has 28 heavy (non-hydrogen) atoms. The Bertz CT molecular complexity index is 811. The average Bonchev–Trinajstić information content (AvgIpc) is 2.88. The van der Waals surface area contributed by atoms with Gasteiger partial charge in [-0.3, -0.25) is 14.6 Å². The standard InChI is InChI=1S/C23H29N3O2/c1-25-14-15-26(18-23(25)11-10-22(27)24-13-12-23)17-19-6-5-9-21(16-19)28-20-7-3-2-4-8-20/h2-9,16H,10-15,17-18H2,1H3,(H,24,27)/t23-/m1/s1. The maximum atomic E-state index is 11.8. The molecule has 2 aliphatic rings. The first-order chi connectivity index (χ1) is 13.6. The lowest BCUT2D eigenvalue weighted by Crippen LogP contribution is -2.60. The molecule has 4 rings (SSSR count). The van der Waals surface area contributed by atoms with E-state index in [9.17, 15) is 4.79 Å². The van der Waals surface area contributed by atoms with Gasteiger partial charge < -0.3 is 10.1 Å². The molecule has 1 atom stereocenters. The van der Waals surface area contributed by atoms with Gasteiger partial charge in [0.1, 0.15) is 11.5 Å². The first kappa shape index (κ1) is 19.0. The summed E-state index contributed by atoms with van der Waals surface area (Å²) in [6.07, 6.45) is 2.57. The van der Waals surface area contributed by atoms with Gasteiger partial charge in [-0.15, -0.1) is 0 Å². The van der Waals surface area contributed by atoms with Crippen LogP contribution in [0.3, 0.4) is 0 Å². The Morgan fingerprint density at radius 2 is 1.86 bits per heavy atom. The van der Waals surface area contributed by atoms with Crippen LogP contribution in [0.1, 0.15) is 24.8 Å². The van der Waals surface area contributed by atoms with Crippen molar-refractivity contribution < 1.29 is 9.53 Å². The predicted molar refractivity (Wildman–Crippen MR) is 110 cm³/mol. The summed E-state index contributed by atoms with van der Waals surface area (Å²) in [7, 11) is 2.21. The molecule has 2 aromatic carbocycles. The Morgan fingerprint density at radius 3 is 2.71 bits per heavy atom. The van der Waals surface area contributed by atoms with Crippen molar-refractivity contribution >= 4 is 5.91 Å². The van der Waals surface area contributed by atoms with E-state index in [1.165, 1.54) is 5.56 Å². The van der Waals surface area contributed by atoms with Crippen LogP contribution in [0.5, 0.6) is 11.5 Å². The number of nitrogens with one attached hydrogen (secondary N) is 1. The van der Waals surface area contributed by atoms with E-state index in [-0.39, 0.29) is 11.4 Å². The molecule has 0 saturated carbocycles. The number of likely N-dealkylation sites (N-methyl/N-ethyl adjacent to an activating group) is 1. The molecule has 2 saturated heterocycles. The highest BCUT2D eigenvalue weighted by Gasteiger charge is 2.40. The van der Waals surface area contributed by atoms with Crippen LogP contribution in [-0.4, -0.2) is 54.5 Å². The fraction of sp³-hybridized carbons (Fsp3) is 0.435. The van der Waals surface area contributed by atoms with Crippen molar-refractivity contribution in [3.05, 3.63) is 60.2 Å². The molecule has 2 aliphatic heterocycles. The third kappa shape index (κ3) is 4.37. The van der Waals surface area contributed by atoms with E-state index in [1.807, 2.05) is 36.4 Å². The second-order valence-corrected chi connectivity index (χ2v) is 8.02. The lowest BCUT2D eigenvalue weighted by molar-refractivity contribution is -0.121. The molecule has 0 bridgehead atoms. The third-order valence-electron chi connectivity index (χ3n) is 6.09. The van der Waals surface area contributed by atoms with E-state index in [1.54, 1.807) is 0 Å². The highest BCUT2D eigenvalue weighted by Crippen LogP contribution is 2.31. The van der Waals surface area contributed by atoms with Crippen molar-refractivity contribution in [1.82, 2.24) is 15.1 Å². The first-order valence-corrected chi connectivity index (χ1v) is 10.2. The van der Waals surface area contributed by atoms with E-state index in [2.05, 4.69) is 40.4 Å². The first-order valence-electron chi connectivity index (χ1n) is 10.2. The topological polar surface area (TPSA) is 44.8 Å². The van der Waals surface area contributed by atoms with Gasteiger partial charge in [0, 0.05) is 44.7 Å². The highest BCUT2D eigenvalue weighted by molar-refractivity contribution is 5.76. The van der Waals surface area contributed by atoms with Crippen molar-refractivity contribution in [3.63, 3.8) is 0 Å². The summed E-state index contributed by atoms with van der Waals surface area (Å²) in [6, 6.07) is 18.3. The van der Waals surface area contributed by atoms with Gasteiger partial charge in [0.2, 0.25) is 5.91 Å². The number of ether oxygens (including phenoxy) is 1. The van der Waals surface area contributed by atoms with Gasteiger partial charge >= 0.3 is 0 Å². The Morgan fingerprint density at radius 1 is 1.04 bits per heavy atom. The number of hydrogen-bond donors (Lipinski definition) is 1. The molecule has 5 heteroatoms. The molecule has 1 spiro atoms. The van der Waals surface area contributed by atoms with Gasteiger partial charge in [0.15, 0.2) is 0 Å². The monoisotopic (exact) mass is 379 g/mol. The summed E-state index contributed by atoms with van der Waals surface area (Å²) < 4.78 is 5.99. The summed E-state index contributed by atoms with van der Waals surface area (Å²) >= 11 is 0. The molecule has 0 radical (unpaired) electrons. The predicted octanol–water partition coefficient (Wildman–Crippen LogP) is 3.27. The zero-order valence-corrected chi connectivity index (χ0v) is 16.6. The second-order valence-electron chi connectivity index (χ2n) is 8.02. The Hall–Kier alpha value is -2.37. The van der Waals surface area contributed by atoms with Crippen molar-refractivity contribution in [1.29, 1.82) is 0 Å². The summed E-state index contributed by atoms with van der Waals surface area (Å²) in [4.78, 5) is 16.8. The molecule has 5 nitrogen and oxygen atoms in total. The molecular weight excluding hydrogens is 350 g/mol. The molecular formula is C23H29N3O2. The van der Waals surface area contributed by atoms with Gasteiger partial charge in [-0.1, -0.05) is 30.3 Å². The zero-order valence-electron chi connectivity index (χ0n) is 16.6. The fourth-order valence-electron chi connectivity index (χ4n) is 4.40. The van der Waals surface area contributed by atoms with Crippen LogP contribution in [0.2, 0.25) is 0 Å². The van der Waals surface area contributed by atoms with Gasteiger partial charge in [-0.05, 0) is 49.7 Å². The number of piperazine rings is 1. The molecule has 1 amide bonds. The van der Waals surface area contributed by atoms with Crippen molar-refractivity contribution in [3.8, 4) is 11.5 Å². The largest absolute Gasteiger partial charge is 0.457 e. The Kier molecular flexibility index (Phi) is 5.64.